The van der Waals surface area contributed by atoms with Crippen molar-refractivity contribution in [3.05, 3.63) is 17.0 Å². The standard InChI is InChI=1S/C13H18BrN3O2/c1-17(12-11(14)8-15-9-16-12)10-2-4-13(5-3-10)18-6-7-19-13/h8-10H,2-7H2,1H3. The van der Waals surface area contributed by atoms with Crippen LogP contribution >= 0.6 is 15.9 Å². The average molecular weight is 328 g/mol. The second-order valence-electron chi connectivity index (χ2n) is 5.14. The van der Waals surface area contributed by atoms with Crippen molar-refractivity contribution in [3.8, 4) is 0 Å². The largest absolute Gasteiger partial charge is 0.356 e. The number of hydrogen-bond acceptors (Lipinski definition) is 5. The number of anilines is 1. The first-order valence-corrected chi connectivity index (χ1v) is 7.46. The Labute approximate surface area is 121 Å². The minimum atomic E-state index is -0.291. The quantitative estimate of drug-likeness (QED) is 0.834. The molecule has 0 radical (unpaired) electrons. The summed E-state index contributed by atoms with van der Waals surface area (Å²) in [6.07, 6.45) is 7.42. The molecule has 1 aliphatic heterocycles. The molecule has 2 aliphatic rings. The van der Waals surface area contributed by atoms with E-state index in [2.05, 4.69) is 37.8 Å². The maximum Gasteiger partial charge on any atom is 0.168 e. The SMILES string of the molecule is CN(c1ncncc1Br)C1CCC2(CC1)OCCO2. The second-order valence-corrected chi connectivity index (χ2v) is 6.00. The highest BCUT2D eigenvalue weighted by molar-refractivity contribution is 9.10. The molecule has 0 bridgehead atoms. The number of halogens is 1. The zero-order chi connectivity index (χ0) is 13.3. The van der Waals surface area contributed by atoms with Crippen LogP contribution in [0, 0.1) is 0 Å². The van der Waals surface area contributed by atoms with Crippen LogP contribution in [0.1, 0.15) is 25.7 Å². The van der Waals surface area contributed by atoms with Crippen LogP contribution in [0.5, 0.6) is 0 Å². The fraction of sp³-hybridized carbons (Fsp3) is 0.692. The lowest BCUT2D eigenvalue weighted by molar-refractivity contribution is -0.178. The number of nitrogens with zero attached hydrogens (tertiary/aromatic N) is 3. The zero-order valence-electron chi connectivity index (χ0n) is 11.0. The first-order chi connectivity index (χ1) is 9.20. The van der Waals surface area contributed by atoms with Crippen molar-refractivity contribution in [2.45, 2.75) is 37.5 Å². The Hall–Kier alpha value is -0.720. The molecule has 0 unspecified atom stereocenters. The van der Waals surface area contributed by atoms with Gasteiger partial charge in [-0.3, -0.25) is 0 Å². The van der Waals surface area contributed by atoms with Crippen LogP contribution in [0.15, 0.2) is 17.0 Å². The molecule has 0 aromatic carbocycles. The van der Waals surface area contributed by atoms with Crippen LogP contribution in [0.3, 0.4) is 0 Å². The van der Waals surface area contributed by atoms with Gasteiger partial charge >= 0.3 is 0 Å². The maximum absolute atomic E-state index is 5.76. The molecule has 3 rings (SSSR count). The van der Waals surface area contributed by atoms with Crippen LogP contribution in [0.2, 0.25) is 0 Å². The Morgan fingerprint density at radius 3 is 2.63 bits per heavy atom. The first kappa shape index (κ1) is 13.3. The van der Waals surface area contributed by atoms with Crippen LogP contribution in [-0.2, 0) is 9.47 Å². The first-order valence-electron chi connectivity index (χ1n) is 6.66. The van der Waals surface area contributed by atoms with Gasteiger partial charge in [0, 0.05) is 32.1 Å². The summed E-state index contributed by atoms with van der Waals surface area (Å²) in [5.41, 5.74) is 0. The summed E-state index contributed by atoms with van der Waals surface area (Å²) in [7, 11) is 2.09. The van der Waals surface area contributed by atoms with Crippen LogP contribution in [0.25, 0.3) is 0 Å². The van der Waals surface area contributed by atoms with E-state index in [1.165, 1.54) is 0 Å². The molecule has 1 aromatic heterocycles. The third kappa shape index (κ3) is 2.61. The van der Waals surface area contributed by atoms with E-state index in [1.807, 2.05) is 0 Å². The molecule has 1 spiro atoms. The van der Waals surface area contributed by atoms with E-state index in [1.54, 1.807) is 12.5 Å². The number of ether oxygens (including phenoxy) is 2. The normalized spacial score (nSPS) is 22.8. The summed E-state index contributed by atoms with van der Waals surface area (Å²) in [4.78, 5) is 10.6. The van der Waals surface area contributed by atoms with Gasteiger partial charge in [0.2, 0.25) is 0 Å². The lowest BCUT2D eigenvalue weighted by atomic mass is 9.89. The molecule has 1 saturated heterocycles. The summed E-state index contributed by atoms with van der Waals surface area (Å²) in [5.74, 6) is 0.657. The average Bonchev–Trinajstić information content (AvgIpc) is 2.88. The molecule has 1 aromatic rings. The highest BCUT2D eigenvalue weighted by atomic mass is 79.9. The maximum atomic E-state index is 5.76. The molecule has 1 saturated carbocycles. The third-order valence-corrected chi connectivity index (χ3v) is 4.62. The Kier molecular flexibility index (Phi) is 3.73. The van der Waals surface area contributed by atoms with Crippen molar-refractivity contribution >= 4 is 21.7 Å². The van der Waals surface area contributed by atoms with Crippen molar-refractivity contribution in [1.82, 2.24) is 9.97 Å². The molecule has 2 heterocycles. The van der Waals surface area contributed by atoms with Gasteiger partial charge in [-0.05, 0) is 28.8 Å². The molecule has 0 N–H and O–H groups in total. The fourth-order valence-corrected chi connectivity index (χ4v) is 3.45. The summed E-state index contributed by atoms with van der Waals surface area (Å²) >= 11 is 3.51. The summed E-state index contributed by atoms with van der Waals surface area (Å²) in [6.45, 7) is 1.47. The third-order valence-electron chi connectivity index (χ3n) is 4.06. The molecule has 2 fully saturated rings. The number of rotatable bonds is 2. The lowest BCUT2D eigenvalue weighted by Gasteiger charge is -2.39. The second kappa shape index (κ2) is 5.34. The molecule has 0 atom stereocenters. The van der Waals surface area contributed by atoms with Gasteiger partial charge in [-0.15, -0.1) is 0 Å². The topological polar surface area (TPSA) is 47.5 Å². The van der Waals surface area contributed by atoms with E-state index in [0.29, 0.717) is 6.04 Å². The van der Waals surface area contributed by atoms with Crippen molar-refractivity contribution in [2.24, 2.45) is 0 Å². The molecule has 0 amide bonds. The predicted octanol–water partition coefficient (Wildman–Crippen LogP) is 2.36. The van der Waals surface area contributed by atoms with Crippen molar-refractivity contribution < 1.29 is 9.47 Å². The number of aromatic nitrogens is 2. The van der Waals surface area contributed by atoms with E-state index >= 15 is 0 Å². The van der Waals surface area contributed by atoms with E-state index in [9.17, 15) is 0 Å². The van der Waals surface area contributed by atoms with Gasteiger partial charge in [-0.2, -0.15) is 0 Å². The zero-order valence-corrected chi connectivity index (χ0v) is 12.6. The van der Waals surface area contributed by atoms with Crippen molar-refractivity contribution in [2.75, 3.05) is 25.2 Å². The van der Waals surface area contributed by atoms with Gasteiger partial charge in [0.05, 0.1) is 17.7 Å². The van der Waals surface area contributed by atoms with E-state index in [-0.39, 0.29) is 5.79 Å². The van der Waals surface area contributed by atoms with Crippen LogP contribution in [-0.4, -0.2) is 42.1 Å². The Morgan fingerprint density at radius 1 is 1.32 bits per heavy atom. The van der Waals surface area contributed by atoms with Gasteiger partial charge in [0.25, 0.3) is 0 Å². The van der Waals surface area contributed by atoms with E-state index < -0.39 is 0 Å². The van der Waals surface area contributed by atoms with E-state index in [4.69, 9.17) is 9.47 Å². The van der Waals surface area contributed by atoms with Crippen LogP contribution in [0.4, 0.5) is 5.82 Å². The van der Waals surface area contributed by atoms with Gasteiger partial charge in [0.15, 0.2) is 5.79 Å². The highest BCUT2D eigenvalue weighted by Crippen LogP contribution is 2.38. The molecular weight excluding hydrogens is 310 g/mol. The van der Waals surface area contributed by atoms with Gasteiger partial charge in [0.1, 0.15) is 12.1 Å². The Bertz CT molecular complexity index is 441. The summed E-state index contributed by atoms with van der Waals surface area (Å²) in [6, 6.07) is 0.477. The summed E-state index contributed by atoms with van der Waals surface area (Å²) < 4.78 is 12.5. The van der Waals surface area contributed by atoms with Crippen LogP contribution < -0.4 is 4.90 Å². The smallest absolute Gasteiger partial charge is 0.168 e. The van der Waals surface area contributed by atoms with Gasteiger partial charge < -0.3 is 14.4 Å². The minimum absolute atomic E-state index is 0.291. The van der Waals surface area contributed by atoms with Gasteiger partial charge in [-0.1, -0.05) is 0 Å². The molecule has 19 heavy (non-hydrogen) atoms. The Morgan fingerprint density at radius 2 is 2.00 bits per heavy atom. The predicted molar refractivity (Wildman–Crippen MR) is 75.0 cm³/mol. The molecular formula is C13H18BrN3O2. The number of hydrogen-bond donors (Lipinski definition) is 0. The molecule has 1 aliphatic carbocycles. The Balaban J connectivity index is 1.66. The molecule has 5 nitrogen and oxygen atoms in total. The van der Waals surface area contributed by atoms with E-state index in [0.717, 1.165) is 49.2 Å². The fourth-order valence-electron chi connectivity index (χ4n) is 2.95. The van der Waals surface area contributed by atoms with Crippen molar-refractivity contribution in [3.63, 3.8) is 0 Å². The lowest BCUT2D eigenvalue weighted by Crippen LogP contribution is -2.43. The highest BCUT2D eigenvalue weighted by Gasteiger charge is 2.41. The summed E-state index contributed by atoms with van der Waals surface area (Å²) in [5, 5.41) is 0. The minimum Gasteiger partial charge on any atom is -0.356 e. The molecule has 104 valence electrons. The monoisotopic (exact) mass is 327 g/mol. The van der Waals surface area contributed by atoms with Crippen molar-refractivity contribution in [1.29, 1.82) is 0 Å². The van der Waals surface area contributed by atoms with Gasteiger partial charge in [-0.25, -0.2) is 9.97 Å². The molecule has 6 heteroatoms.